The zero-order valence-electron chi connectivity index (χ0n) is 14.8. The van der Waals surface area contributed by atoms with Gasteiger partial charge in [-0.3, -0.25) is 4.68 Å². The predicted molar refractivity (Wildman–Crippen MR) is 106 cm³/mol. The normalized spacial score (nSPS) is 11.1. The third kappa shape index (κ3) is 3.75. The Morgan fingerprint density at radius 2 is 1.56 bits per heavy atom. The quantitative estimate of drug-likeness (QED) is 0.531. The molecule has 0 saturated heterocycles. The van der Waals surface area contributed by atoms with Crippen molar-refractivity contribution in [3.63, 3.8) is 0 Å². The van der Waals surface area contributed by atoms with E-state index in [0.717, 1.165) is 18.4 Å². The molecule has 0 aliphatic rings. The molecule has 0 radical (unpaired) electrons. The molecular weight excluding hydrogens is 336 g/mol. The lowest BCUT2D eigenvalue weighted by Crippen LogP contribution is -2.07. The van der Waals surface area contributed by atoms with E-state index < -0.39 is 5.97 Å². The van der Waals surface area contributed by atoms with Crippen LogP contribution in [-0.4, -0.2) is 20.9 Å². The van der Waals surface area contributed by atoms with E-state index in [0.29, 0.717) is 5.52 Å². The van der Waals surface area contributed by atoms with Crippen LogP contribution < -0.4 is 0 Å². The van der Waals surface area contributed by atoms with E-state index in [2.05, 4.69) is 53.6 Å². The van der Waals surface area contributed by atoms with Gasteiger partial charge in [-0.05, 0) is 29.7 Å². The minimum atomic E-state index is -0.931. The number of aryl methyl sites for hydroxylation is 1. The highest BCUT2D eigenvalue weighted by atomic mass is 16.4. The van der Waals surface area contributed by atoms with Crippen molar-refractivity contribution < 1.29 is 9.90 Å². The van der Waals surface area contributed by atoms with Gasteiger partial charge in [0.25, 0.3) is 0 Å². The summed E-state index contributed by atoms with van der Waals surface area (Å²) in [6.45, 7) is 0.755. The van der Waals surface area contributed by atoms with Crippen LogP contribution in [-0.2, 0) is 6.54 Å². The Morgan fingerprint density at radius 3 is 2.15 bits per heavy atom. The van der Waals surface area contributed by atoms with Crippen molar-refractivity contribution in [3.05, 3.63) is 102 Å². The molecule has 134 valence electrons. The molecule has 0 atom stereocenters. The summed E-state index contributed by atoms with van der Waals surface area (Å²) >= 11 is 0. The molecule has 0 spiro atoms. The van der Waals surface area contributed by atoms with Gasteiger partial charge in [-0.1, -0.05) is 66.7 Å². The fourth-order valence-electron chi connectivity index (χ4n) is 3.47. The molecule has 1 heterocycles. The van der Waals surface area contributed by atoms with Gasteiger partial charge in [0, 0.05) is 24.0 Å². The summed E-state index contributed by atoms with van der Waals surface area (Å²) in [5, 5.41) is 14.7. The smallest absolute Gasteiger partial charge is 0.335 e. The van der Waals surface area contributed by atoms with Gasteiger partial charge in [0.2, 0.25) is 0 Å². The molecular formula is C23H20N2O2. The van der Waals surface area contributed by atoms with Gasteiger partial charge < -0.3 is 5.11 Å². The Kier molecular flexibility index (Phi) is 4.71. The number of carboxylic acids is 1. The van der Waals surface area contributed by atoms with E-state index in [9.17, 15) is 4.79 Å². The molecule has 1 N–H and O–H groups in total. The Balaban J connectivity index is 1.59. The Hall–Kier alpha value is -3.40. The molecule has 4 rings (SSSR count). The molecule has 1 aromatic heterocycles. The van der Waals surface area contributed by atoms with E-state index >= 15 is 0 Å². The Labute approximate surface area is 157 Å². The van der Waals surface area contributed by atoms with Crippen molar-refractivity contribution in [2.24, 2.45) is 0 Å². The van der Waals surface area contributed by atoms with Crippen molar-refractivity contribution in [3.8, 4) is 0 Å². The van der Waals surface area contributed by atoms with Gasteiger partial charge in [0.1, 0.15) is 0 Å². The number of aromatic nitrogens is 2. The lowest BCUT2D eigenvalue weighted by Gasteiger charge is -2.18. The molecule has 4 nitrogen and oxygen atoms in total. The molecule has 0 bridgehead atoms. The molecule has 3 aromatic carbocycles. The molecule has 0 aliphatic carbocycles. The zero-order valence-corrected chi connectivity index (χ0v) is 14.8. The highest BCUT2D eigenvalue weighted by Gasteiger charge is 2.14. The van der Waals surface area contributed by atoms with Crippen molar-refractivity contribution >= 4 is 16.9 Å². The first-order valence-electron chi connectivity index (χ1n) is 9.01. The summed E-state index contributed by atoms with van der Waals surface area (Å²) in [4.78, 5) is 11.1. The van der Waals surface area contributed by atoms with Crippen molar-refractivity contribution in [2.45, 2.75) is 18.9 Å². The molecule has 0 fully saturated rings. The van der Waals surface area contributed by atoms with Crippen LogP contribution in [0.1, 0.15) is 33.8 Å². The number of carboxylic acid groups (broad SMARTS) is 1. The third-order valence-electron chi connectivity index (χ3n) is 4.85. The van der Waals surface area contributed by atoms with Crippen LogP contribution in [0.2, 0.25) is 0 Å². The second-order valence-electron chi connectivity index (χ2n) is 6.63. The number of hydrogen-bond acceptors (Lipinski definition) is 2. The first kappa shape index (κ1) is 17.0. The molecule has 0 amide bonds. The highest BCUT2D eigenvalue weighted by molar-refractivity contribution is 5.92. The topological polar surface area (TPSA) is 55.1 Å². The minimum absolute atomic E-state index is 0.263. The number of aromatic carboxylic acids is 1. The second kappa shape index (κ2) is 7.46. The fraction of sp³-hybridized carbons (Fsp3) is 0.130. The Bertz CT molecular complexity index is 1020. The maximum Gasteiger partial charge on any atom is 0.335 e. The lowest BCUT2D eigenvalue weighted by atomic mass is 9.88. The minimum Gasteiger partial charge on any atom is -0.478 e. The van der Waals surface area contributed by atoms with Crippen LogP contribution in [0.25, 0.3) is 10.9 Å². The van der Waals surface area contributed by atoms with Crippen LogP contribution >= 0.6 is 0 Å². The number of nitrogens with zero attached hydrogens (tertiary/aromatic N) is 2. The number of hydrogen-bond donors (Lipinski definition) is 1. The maximum atomic E-state index is 11.1. The number of benzene rings is 3. The average Bonchev–Trinajstić information content (AvgIpc) is 3.12. The third-order valence-corrected chi connectivity index (χ3v) is 4.85. The lowest BCUT2D eigenvalue weighted by molar-refractivity contribution is 0.0697. The van der Waals surface area contributed by atoms with Crippen LogP contribution in [0.15, 0.2) is 85.1 Å². The number of carbonyl (C=O) groups is 1. The van der Waals surface area contributed by atoms with Crippen LogP contribution in [0.5, 0.6) is 0 Å². The van der Waals surface area contributed by atoms with Gasteiger partial charge in [-0.25, -0.2) is 4.79 Å². The monoisotopic (exact) mass is 356 g/mol. The molecule has 0 saturated carbocycles. The molecule has 0 aliphatic heterocycles. The summed E-state index contributed by atoms with van der Waals surface area (Å²) in [7, 11) is 0. The maximum absolute atomic E-state index is 11.1. The molecule has 27 heavy (non-hydrogen) atoms. The standard InChI is InChI=1S/C23H20N2O2/c26-23(27)19-11-12-20-16-25(24-22(20)15-19)14-13-21(17-7-3-1-4-8-17)18-9-5-2-6-10-18/h1-12,15-16,21H,13-14H2,(H,26,27). The molecule has 0 unspecified atom stereocenters. The van der Waals surface area contributed by atoms with Crippen LogP contribution in [0, 0.1) is 0 Å². The summed E-state index contributed by atoms with van der Waals surface area (Å²) < 4.78 is 1.91. The second-order valence-corrected chi connectivity index (χ2v) is 6.63. The number of rotatable bonds is 6. The van der Waals surface area contributed by atoms with Crippen molar-refractivity contribution in [1.29, 1.82) is 0 Å². The summed E-state index contributed by atoms with van der Waals surface area (Å²) in [6, 6.07) is 26.1. The van der Waals surface area contributed by atoms with E-state index in [-0.39, 0.29) is 11.5 Å². The average molecular weight is 356 g/mol. The van der Waals surface area contributed by atoms with E-state index in [1.807, 2.05) is 29.1 Å². The van der Waals surface area contributed by atoms with E-state index in [1.54, 1.807) is 12.1 Å². The SMILES string of the molecule is O=C(O)c1ccc2cn(CCC(c3ccccc3)c3ccccc3)nc2c1. The van der Waals surface area contributed by atoms with Gasteiger partial charge in [-0.2, -0.15) is 5.10 Å². The van der Waals surface area contributed by atoms with Crippen molar-refractivity contribution in [1.82, 2.24) is 9.78 Å². The van der Waals surface area contributed by atoms with Gasteiger partial charge in [-0.15, -0.1) is 0 Å². The van der Waals surface area contributed by atoms with Crippen LogP contribution in [0.4, 0.5) is 0 Å². The first-order valence-corrected chi connectivity index (χ1v) is 9.01. The zero-order chi connectivity index (χ0) is 18.6. The van der Waals surface area contributed by atoms with Gasteiger partial charge in [0.15, 0.2) is 0 Å². The van der Waals surface area contributed by atoms with Gasteiger partial charge in [0.05, 0.1) is 11.1 Å². The molecule has 4 aromatic rings. The Morgan fingerprint density at radius 1 is 0.926 bits per heavy atom. The van der Waals surface area contributed by atoms with Crippen molar-refractivity contribution in [2.75, 3.05) is 0 Å². The first-order chi connectivity index (χ1) is 13.2. The highest BCUT2D eigenvalue weighted by Crippen LogP contribution is 2.28. The largest absolute Gasteiger partial charge is 0.478 e. The number of fused-ring (bicyclic) bond motifs is 1. The van der Waals surface area contributed by atoms with E-state index in [1.165, 1.54) is 11.1 Å². The predicted octanol–water partition coefficient (Wildman–Crippen LogP) is 4.96. The fourth-order valence-corrected chi connectivity index (χ4v) is 3.47. The van der Waals surface area contributed by atoms with Gasteiger partial charge >= 0.3 is 5.97 Å². The van der Waals surface area contributed by atoms with E-state index in [4.69, 9.17) is 5.11 Å². The molecule has 4 heteroatoms. The summed E-state index contributed by atoms with van der Waals surface area (Å²) in [6.07, 6.45) is 2.89. The van der Waals surface area contributed by atoms with Crippen LogP contribution in [0.3, 0.4) is 0 Å². The summed E-state index contributed by atoms with van der Waals surface area (Å²) in [5.41, 5.74) is 3.55. The summed E-state index contributed by atoms with van der Waals surface area (Å²) in [5.74, 6) is -0.644.